The van der Waals surface area contributed by atoms with Gasteiger partial charge in [0.25, 0.3) is 0 Å². The Hall–Kier alpha value is -1.57. The summed E-state index contributed by atoms with van der Waals surface area (Å²) in [4.78, 5) is 0. The summed E-state index contributed by atoms with van der Waals surface area (Å²) in [6, 6.07) is 14.3. The van der Waals surface area contributed by atoms with Crippen LogP contribution in [-0.4, -0.2) is 13.2 Å². The van der Waals surface area contributed by atoms with Crippen molar-refractivity contribution in [2.24, 2.45) is 0 Å². The SMILES string of the molecule is FCCCNc1cccc2ccccc12. The molecule has 2 aromatic rings. The van der Waals surface area contributed by atoms with Crippen molar-refractivity contribution < 1.29 is 4.39 Å². The van der Waals surface area contributed by atoms with Crippen LogP contribution in [0.4, 0.5) is 10.1 Å². The van der Waals surface area contributed by atoms with Crippen molar-refractivity contribution in [1.82, 2.24) is 0 Å². The van der Waals surface area contributed by atoms with Gasteiger partial charge in [-0.2, -0.15) is 0 Å². The Labute approximate surface area is 88.9 Å². The van der Waals surface area contributed by atoms with Gasteiger partial charge in [0, 0.05) is 17.6 Å². The molecule has 0 spiro atoms. The molecule has 0 aliphatic heterocycles. The Kier molecular flexibility index (Phi) is 3.18. The Morgan fingerprint density at radius 1 is 1.00 bits per heavy atom. The third-order valence-corrected chi connectivity index (χ3v) is 2.42. The summed E-state index contributed by atoms with van der Waals surface area (Å²) < 4.78 is 12.0. The summed E-state index contributed by atoms with van der Waals surface area (Å²) in [5, 5.41) is 5.65. The molecule has 0 saturated carbocycles. The lowest BCUT2D eigenvalue weighted by molar-refractivity contribution is 0.481. The fourth-order valence-corrected chi connectivity index (χ4v) is 1.67. The van der Waals surface area contributed by atoms with Gasteiger partial charge in [0.05, 0.1) is 6.67 Å². The topological polar surface area (TPSA) is 12.0 Å². The summed E-state index contributed by atoms with van der Waals surface area (Å²) >= 11 is 0. The van der Waals surface area contributed by atoms with E-state index in [0.29, 0.717) is 13.0 Å². The molecular formula is C13H14FN. The molecule has 0 fully saturated rings. The molecule has 0 heterocycles. The normalized spacial score (nSPS) is 10.5. The average Bonchev–Trinajstić information content (AvgIpc) is 2.30. The minimum Gasteiger partial charge on any atom is -0.384 e. The van der Waals surface area contributed by atoms with Gasteiger partial charge >= 0.3 is 0 Å². The van der Waals surface area contributed by atoms with Crippen LogP contribution in [0.3, 0.4) is 0 Å². The van der Waals surface area contributed by atoms with Gasteiger partial charge in [-0.15, -0.1) is 0 Å². The zero-order valence-corrected chi connectivity index (χ0v) is 8.54. The molecule has 2 rings (SSSR count). The molecule has 0 aliphatic carbocycles. The lowest BCUT2D eigenvalue weighted by Gasteiger charge is -2.08. The van der Waals surface area contributed by atoms with Crippen molar-refractivity contribution >= 4 is 16.5 Å². The second-order valence-corrected chi connectivity index (χ2v) is 3.50. The zero-order chi connectivity index (χ0) is 10.5. The third-order valence-electron chi connectivity index (χ3n) is 2.42. The predicted molar refractivity (Wildman–Crippen MR) is 63.0 cm³/mol. The van der Waals surface area contributed by atoms with E-state index in [1.165, 1.54) is 10.8 Å². The molecule has 0 bridgehead atoms. The molecule has 2 aromatic carbocycles. The van der Waals surface area contributed by atoms with E-state index in [1.807, 2.05) is 24.3 Å². The van der Waals surface area contributed by atoms with E-state index in [0.717, 1.165) is 5.69 Å². The largest absolute Gasteiger partial charge is 0.384 e. The Bertz CT molecular complexity index is 434. The van der Waals surface area contributed by atoms with E-state index in [1.54, 1.807) is 0 Å². The quantitative estimate of drug-likeness (QED) is 0.748. The van der Waals surface area contributed by atoms with Gasteiger partial charge in [-0.3, -0.25) is 4.39 Å². The van der Waals surface area contributed by atoms with E-state index in [9.17, 15) is 4.39 Å². The third kappa shape index (κ3) is 2.27. The van der Waals surface area contributed by atoms with Gasteiger partial charge in [0.2, 0.25) is 0 Å². The molecule has 15 heavy (non-hydrogen) atoms. The first-order valence-electron chi connectivity index (χ1n) is 5.19. The van der Waals surface area contributed by atoms with Gasteiger partial charge in [-0.05, 0) is 17.9 Å². The van der Waals surface area contributed by atoms with Crippen molar-refractivity contribution in [2.45, 2.75) is 6.42 Å². The van der Waals surface area contributed by atoms with Crippen molar-refractivity contribution in [3.63, 3.8) is 0 Å². The monoisotopic (exact) mass is 203 g/mol. The maximum atomic E-state index is 12.0. The first kappa shape index (κ1) is 9.97. The highest BCUT2D eigenvalue weighted by atomic mass is 19.1. The molecule has 2 heteroatoms. The number of halogens is 1. The minimum atomic E-state index is -0.266. The van der Waals surface area contributed by atoms with Crippen LogP contribution in [0.5, 0.6) is 0 Å². The number of alkyl halides is 1. The standard InChI is InChI=1S/C13H14FN/c14-9-4-10-15-13-8-3-6-11-5-1-2-7-12(11)13/h1-3,5-8,15H,4,9-10H2. The number of fused-ring (bicyclic) bond motifs is 1. The van der Waals surface area contributed by atoms with Crippen molar-refractivity contribution in [1.29, 1.82) is 0 Å². The van der Waals surface area contributed by atoms with Crippen LogP contribution >= 0.6 is 0 Å². The number of hydrogen-bond acceptors (Lipinski definition) is 1. The Balaban J connectivity index is 2.26. The summed E-state index contributed by atoms with van der Waals surface area (Å²) in [7, 11) is 0. The summed E-state index contributed by atoms with van der Waals surface area (Å²) in [5.74, 6) is 0. The number of hydrogen-bond donors (Lipinski definition) is 1. The molecule has 1 nitrogen and oxygen atoms in total. The molecule has 0 radical (unpaired) electrons. The molecule has 0 saturated heterocycles. The number of anilines is 1. The van der Waals surface area contributed by atoms with Crippen LogP contribution in [0, 0.1) is 0 Å². The van der Waals surface area contributed by atoms with Crippen molar-refractivity contribution in [2.75, 3.05) is 18.5 Å². The first-order chi connectivity index (χ1) is 7.42. The second kappa shape index (κ2) is 4.78. The molecule has 78 valence electrons. The Morgan fingerprint density at radius 3 is 2.67 bits per heavy atom. The van der Waals surface area contributed by atoms with Gasteiger partial charge < -0.3 is 5.32 Å². The molecule has 1 N–H and O–H groups in total. The molecule has 0 aliphatic rings. The van der Waals surface area contributed by atoms with E-state index >= 15 is 0 Å². The second-order valence-electron chi connectivity index (χ2n) is 3.50. The van der Waals surface area contributed by atoms with Crippen LogP contribution < -0.4 is 5.32 Å². The van der Waals surface area contributed by atoms with Crippen LogP contribution in [0.2, 0.25) is 0 Å². The highest BCUT2D eigenvalue weighted by Crippen LogP contribution is 2.22. The fourth-order valence-electron chi connectivity index (χ4n) is 1.67. The Morgan fingerprint density at radius 2 is 1.80 bits per heavy atom. The van der Waals surface area contributed by atoms with E-state index in [-0.39, 0.29) is 6.67 Å². The van der Waals surface area contributed by atoms with E-state index in [2.05, 4.69) is 23.5 Å². The molecule has 0 unspecified atom stereocenters. The summed E-state index contributed by atoms with van der Waals surface area (Å²) in [5.41, 5.74) is 1.08. The van der Waals surface area contributed by atoms with Gasteiger partial charge in [0.15, 0.2) is 0 Å². The van der Waals surface area contributed by atoms with Gasteiger partial charge in [-0.1, -0.05) is 36.4 Å². The minimum absolute atomic E-state index is 0.266. The van der Waals surface area contributed by atoms with Crippen LogP contribution in [-0.2, 0) is 0 Å². The van der Waals surface area contributed by atoms with Gasteiger partial charge in [0.1, 0.15) is 0 Å². The highest BCUT2D eigenvalue weighted by Gasteiger charge is 1.98. The summed E-state index contributed by atoms with van der Waals surface area (Å²) in [6.07, 6.45) is 0.559. The molecule has 0 atom stereocenters. The smallest absolute Gasteiger partial charge is 0.0911 e. The van der Waals surface area contributed by atoms with Crippen molar-refractivity contribution in [3.8, 4) is 0 Å². The number of rotatable bonds is 4. The highest BCUT2D eigenvalue weighted by molar-refractivity contribution is 5.93. The maximum Gasteiger partial charge on any atom is 0.0911 e. The maximum absolute atomic E-state index is 12.0. The predicted octanol–water partition coefficient (Wildman–Crippen LogP) is 3.61. The first-order valence-corrected chi connectivity index (χ1v) is 5.19. The van der Waals surface area contributed by atoms with E-state index < -0.39 is 0 Å². The lowest BCUT2D eigenvalue weighted by Crippen LogP contribution is -2.02. The van der Waals surface area contributed by atoms with Crippen LogP contribution in [0.25, 0.3) is 10.8 Å². The number of nitrogens with one attached hydrogen (secondary N) is 1. The van der Waals surface area contributed by atoms with Gasteiger partial charge in [-0.25, -0.2) is 0 Å². The molecule has 0 aromatic heterocycles. The number of benzene rings is 2. The summed E-state index contributed by atoms with van der Waals surface area (Å²) in [6.45, 7) is 0.419. The van der Waals surface area contributed by atoms with Crippen LogP contribution in [0.1, 0.15) is 6.42 Å². The lowest BCUT2D eigenvalue weighted by atomic mass is 10.1. The average molecular weight is 203 g/mol. The fraction of sp³-hybridized carbons (Fsp3) is 0.231. The molecule has 0 amide bonds. The molecular weight excluding hydrogens is 189 g/mol. The zero-order valence-electron chi connectivity index (χ0n) is 8.54. The van der Waals surface area contributed by atoms with Crippen molar-refractivity contribution in [3.05, 3.63) is 42.5 Å². The van der Waals surface area contributed by atoms with Crippen LogP contribution in [0.15, 0.2) is 42.5 Å². The van der Waals surface area contributed by atoms with E-state index in [4.69, 9.17) is 0 Å².